The van der Waals surface area contributed by atoms with Gasteiger partial charge in [-0.1, -0.05) is 41.4 Å². The summed E-state index contributed by atoms with van der Waals surface area (Å²) in [6.45, 7) is 0.483. The Labute approximate surface area is 219 Å². The third-order valence-electron chi connectivity index (χ3n) is 5.77. The molecule has 1 fully saturated rings. The van der Waals surface area contributed by atoms with Crippen molar-refractivity contribution in [1.82, 2.24) is 5.43 Å². The molecule has 2 N–H and O–H groups in total. The molecule has 0 aliphatic carbocycles. The van der Waals surface area contributed by atoms with Gasteiger partial charge >= 0.3 is 0 Å². The Morgan fingerprint density at radius 1 is 1.03 bits per heavy atom. The number of carbonyl (C=O) groups is 2. The normalized spacial score (nSPS) is 14.9. The predicted octanol–water partition coefficient (Wildman–Crippen LogP) is 5.09. The molecule has 0 spiro atoms. The van der Waals surface area contributed by atoms with Crippen molar-refractivity contribution in [1.29, 1.82) is 0 Å². The van der Waals surface area contributed by atoms with E-state index < -0.39 is 5.92 Å². The fourth-order valence-corrected chi connectivity index (χ4v) is 4.28. The maximum Gasteiger partial charge on any atom is 0.243 e. The average Bonchev–Trinajstić information content (AvgIpc) is 3.28. The molecule has 3 aromatic rings. The van der Waals surface area contributed by atoms with E-state index >= 15 is 0 Å². The van der Waals surface area contributed by atoms with Crippen molar-refractivity contribution in [3.8, 4) is 17.2 Å². The van der Waals surface area contributed by atoms with Gasteiger partial charge in [0, 0.05) is 35.3 Å². The lowest BCUT2D eigenvalue weighted by Crippen LogP contribution is -2.36. The summed E-state index contributed by atoms with van der Waals surface area (Å²) in [5.74, 6) is 0.486. The highest BCUT2D eigenvalue weighted by atomic mass is 35.5. The molecule has 0 bridgehead atoms. The summed E-state index contributed by atoms with van der Waals surface area (Å²) >= 11 is 12.6. The SMILES string of the molecule is COc1ccc(N2C[C@H](C(=O)NNc3cc(Cl)c(OCc4ccccc4Cl)c(OC)c3)CC2=O)cc1. The van der Waals surface area contributed by atoms with Crippen LogP contribution in [0.15, 0.2) is 60.7 Å². The first-order chi connectivity index (χ1) is 17.4. The number of rotatable bonds is 9. The molecule has 3 aromatic carbocycles. The van der Waals surface area contributed by atoms with Crippen molar-refractivity contribution in [2.75, 3.05) is 31.1 Å². The number of nitrogens with zero attached hydrogens (tertiary/aromatic N) is 1. The highest BCUT2D eigenvalue weighted by Gasteiger charge is 2.35. The Morgan fingerprint density at radius 2 is 1.78 bits per heavy atom. The Bertz CT molecular complexity index is 1250. The molecule has 1 heterocycles. The number of ether oxygens (including phenoxy) is 3. The lowest BCUT2D eigenvalue weighted by Gasteiger charge is -2.18. The largest absolute Gasteiger partial charge is 0.497 e. The van der Waals surface area contributed by atoms with E-state index in [9.17, 15) is 9.59 Å². The van der Waals surface area contributed by atoms with Crippen LogP contribution in [0.4, 0.5) is 11.4 Å². The summed E-state index contributed by atoms with van der Waals surface area (Å²) in [4.78, 5) is 26.9. The minimum Gasteiger partial charge on any atom is -0.497 e. The Balaban J connectivity index is 1.37. The van der Waals surface area contributed by atoms with Crippen LogP contribution < -0.4 is 30.0 Å². The first-order valence-corrected chi connectivity index (χ1v) is 11.9. The van der Waals surface area contributed by atoms with Gasteiger partial charge in [-0.15, -0.1) is 0 Å². The molecule has 1 saturated heterocycles. The summed E-state index contributed by atoms with van der Waals surface area (Å²) in [5, 5.41) is 0.879. The fraction of sp³-hybridized carbons (Fsp3) is 0.231. The highest BCUT2D eigenvalue weighted by molar-refractivity contribution is 6.32. The second-order valence-corrected chi connectivity index (χ2v) is 8.90. The summed E-state index contributed by atoms with van der Waals surface area (Å²) in [6, 6.07) is 17.7. The molecule has 10 heteroatoms. The lowest BCUT2D eigenvalue weighted by atomic mass is 10.1. The van der Waals surface area contributed by atoms with Crippen LogP contribution in [0.2, 0.25) is 10.0 Å². The van der Waals surface area contributed by atoms with Crippen LogP contribution in [0.25, 0.3) is 0 Å². The van der Waals surface area contributed by atoms with E-state index in [1.807, 2.05) is 18.2 Å². The molecule has 0 unspecified atom stereocenters. The van der Waals surface area contributed by atoms with Gasteiger partial charge in [0.05, 0.1) is 30.8 Å². The monoisotopic (exact) mass is 529 g/mol. The van der Waals surface area contributed by atoms with Crippen molar-refractivity contribution in [2.24, 2.45) is 5.92 Å². The van der Waals surface area contributed by atoms with Crippen molar-refractivity contribution in [2.45, 2.75) is 13.0 Å². The molecule has 1 atom stereocenters. The van der Waals surface area contributed by atoms with Gasteiger partial charge in [-0.25, -0.2) is 0 Å². The van der Waals surface area contributed by atoms with Crippen LogP contribution in [0.5, 0.6) is 17.2 Å². The van der Waals surface area contributed by atoms with E-state index in [-0.39, 0.29) is 31.4 Å². The number of amides is 2. The van der Waals surface area contributed by atoms with Crippen LogP contribution in [0, 0.1) is 5.92 Å². The van der Waals surface area contributed by atoms with Crippen LogP contribution in [-0.2, 0) is 16.2 Å². The molecule has 188 valence electrons. The van der Waals surface area contributed by atoms with E-state index in [1.165, 1.54) is 7.11 Å². The smallest absolute Gasteiger partial charge is 0.243 e. The van der Waals surface area contributed by atoms with Gasteiger partial charge in [0.25, 0.3) is 0 Å². The van der Waals surface area contributed by atoms with Crippen LogP contribution in [0.3, 0.4) is 0 Å². The van der Waals surface area contributed by atoms with E-state index in [1.54, 1.807) is 54.5 Å². The molecule has 1 aliphatic rings. The molecule has 2 amide bonds. The number of methoxy groups -OCH3 is 2. The molecular formula is C26H25Cl2N3O5. The van der Waals surface area contributed by atoms with E-state index in [0.717, 1.165) is 5.56 Å². The number of hydrogen-bond acceptors (Lipinski definition) is 6. The van der Waals surface area contributed by atoms with Crippen molar-refractivity contribution in [3.63, 3.8) is 0 Å². The van der Waals surface area contributed by atoms with Gasteiger partial charge in [0.1, 0.15) is 12.4 Å². The lowest BCUT2D eigenvalue weighted by molar-refractivity contribution is -0.125. The third kappa shape index (κ3) is 5.78. The highest BCUT2D eigenvalue weighted by Crippen LogP contribution is 2.39. The van der Waals surface area contributed by atoms with Gasteiger partial charge < -0.3 is 19.1 Å². The number of hydrogen-bond donors (Lipinski definition) is 2. The minimum absolute atomic E-state index is 0.110. The van der Waals surface area contributed by atoms with Gasteiger partial charge in [-0.05, 0) is 36.4 Å². The van der Waals surface area contributed by atoms with Crippen molar-refractivity contribution >= 4 is 46.4 Å². The number of hydrazine groups is 1. The van der Waals surface area contributed by atoms with Crippen molar-refractivity contribution < 1.29 is 23.8 Å². The van der Waals surface area contributed by atoms with Gasteiger partial charge in [0.15, 0.2) is 11.5 Å². The second kappa shape index (κ2) is 11.4. The van der Waals surface area contributed by atoms with Crippen LogP contribution in [-0.4, -0.2) is 32.6 Å². The Hall–Kier alpha value is -3.62. The second-order valence-electron chi connectivity index (χ2n) is 8.09. The maximum atomic E-state index is 12.8. The quantitative estimate of drug-likeness (QED) is 0.375. The van der Waals surface area contributed by atoms with Crippen molar-refractivity contribution in [3.05, 3.63) is 76.3 Å². The van der Waals surface area contributed by atoms with Gasteiger partial charge in [-0.3, -0.25) is 20.4 Å². The predicted molar refractivity (Wildman–Crippen MR) is 139 cm³/mol. The molecule has 0 aromatic heterocycles. The number of anilines is 2. The van der Waals surface area contributed by atoms with Gasteiger partial charge in [0.2, 0.25) is 11.8 Å². The average molecular weight is 530 g/mol. The fourth-order valence-electron chi connectivity index (χ4n) is 3.83. The summed E-state index contributed by atoms with van der Waals surface area (Å²) in [7, 11) is 3.07. The zero-order valence-corrected chi connectivity index (χ0v) is 21.2. The zero-order valence-electron chi connectivity index (χ0n) is 19.7. The summed E-state index contributed by atoms with van der Waals surface area (Å²) in [5.41, 5.74) is 7.51. The number of benzene rings is 3. The molecule has 0 saturated carbocycles. The Morgan fingerprint density at radius 3 is 2.47 bits per heavy atom. The summed E-state index contributed by atoms with van der Waals surface area (Å²) in [6.07, 6.45) is 0.110. The number of nitrogens with one attached hydrogen (secondary N) is 2. The van der Waals surface area contributed by atoms with Crippen LogP contribution >= 0.6 is 23.2 Å². The minimum atomic E-state index is -0.511. The first-order valence-electron chi connectivity index (χ1n) is 11.1. The van der Waals surface area contributed by atoms with Gasteiger partial charge in [-0.2, -0.15) is 0 Å². The molecule has 0 radical (unpaired) electrons. The molecule has 4 rings (SSSR count). The Kier molecular flexibility index (Phi) is 8.07. The topological polar surface area (TPSA) is 89.1 Å². The molecule has 36 heavy (non-hydrogen) atoms. The van der Waals surface area contributed by atoms with E-state index in [0.29, 0.717) is 38.7 Å². The number of carbonyl (C=O) groups excluding carboxylic acids is 2. The number of halogens is 2. The standard InChI is InChI=1S/C26H25Cl2N3O5/c1-34-20-9-7-19(8-10-20)31-14-17(11-24(31)32)26(33)30-29-18-12-22(28)25(23(13-18)35-2)36-15-16-5-3-4-6-21(16)27/h3-10,12-13,17,29H,11,14-15H2,1-2H3,(H,30,33)/t17-/m1/s1. The third-order valence-corrected chi connectivity index (χ3v) is 6.42. The summed E-state index contributed by atoms with van der Waals surface area (Å²) < 4.78 is 16.4. The van der Waals surface area contributed by atoms with E-state index in [2.05, 4.69) is 10.9 Å². The molecule has 8 nitrogen and oxygen atoms in total. The maximum absolute atomic E-state index is 12.8. The first kappa shape index (κ1) is 25.5. The zero-order chi connectivity index (χ0) is 25.7. The van der Waals surface area contributed by atoms with E-state index in [4.69, 9.17) is 37.4 Å². The molecular weight excluding hydrogens is 505 g/mol. The van der Waals surface area contributed by atoms with Crippen LogP contribution in [0.1, 0.15) is 12.0 Å². The molecule has 1 aliphatic heterocycles.